The van der Waals surface area contributed by atoms with Crippen molar-refractivity contribution in [2.24, 2.45) is 0 Å². The van der Waals surface area contributed by atoms with Gasteiger partial charge in [-0.05, 0) is 27.7 Å². The maximum atomic E-state index is 12.5. The molecule has 0 unspecified atom stereocenters. The molecule has 0 aliphatic carbocycles. The van der Waals surface area contributed by atoms with E-state index >= 15 is 0 Å². The Morgan fingerprint density at radius 3 is 2.42 bits per heavy atom. The first-order chi connectivity index (χ1) is 10.9. The van der Waals surface area contributed by atoms with Crippen LogP contribution in [0.25, 0.3) is 0 Å². The van der Waals surface area contributed by atoms with Gasteiger partial charge in [-0.15, -0.1) is 4.72 Å². The van der Waals surface area contributed by atoms with E-state index in [-0.39, 0.29) is 17.1 Å². The second-order valence-corrected chi connectivity index (χ2v) is 8.81. The highest BCUT2D eigenvalue weighted by Gasteiger charge is 2.41. The summed E-state index contributed by atoms with van der Waals surface area (Å²) in [4.78, 5) is 22.3. The van der Waals surface area contributed by atoms with Crippen LogP contribution < -0.4 is 4.72 Å². The van der Waals surface area contributed by atoms with E-state index in [0.29, 0.717) is 5.56 Å². The zero-order valence-electron chi connectivity index (χ0n) is 14.2. The molecule has 1 N–H and O–H groups in total. The summed E-state index contributed by atoms with van der Waals surface area (Å²) in [5.74, 6) is -0.557. The summed E-state index contributed by atoms with van der Waals surface area (Å²) in [7, 11) is 1.23. The number of carbonyl (C=O) groups is 1. The van der Waals surface area contributed by atoms with E-state index in [1.165, 1.54) is 19.2 Å². The minimum absolute atomic E-state index is 0.104. The van der Waals surface area contributed by atoms with Gasteiger partial charge in [-0.2, -0.15) is 0 Å². The third-order valence-electron chi connectivity index (χ3n) is 3.37. The number of rotatable bonds is 6. The van der Waals surface area contributed by atoms with Crippen LogP contribution in [0.5, 0.6) is 0 Å². The van der Waals surface area contributed by atoms with E-state index < -0.39 is 32.5 Å². The van der Waals surface area contributed by atoms with E-state index in [0.717, 1.165) is 0 Å². The largest absolute Gasteiger partial charge is 0.598 e. The highest BCUT2D eigenvalue weighted by Crippen LogP contribution is 2.38. The molecule has 2 atom stereocenters. The van der Waals surface area contributed by atoms with Crippen LogP contribution in [-0.2, 0) is 26.4 Å². The van der Waals surface area contributed by atoms with E-state index in [4.69, 9.17) is 16.3 Å². The van der Waals surface area contributed by atoms with Crippen LogP contribution in [0.3, 0.4) is 0 Å². The lowest BCUT2D eigenvalue weighted by Crippen LogP contribution is -2.51. The quantitative estimate of drug-likeness (QED) is 0.354. The second-order valence-electron chi connectivity index (χ2n) is 6.46. The molecule has 0 aliphatic heterocycles. The molecular weight excluding hydrogens is 356 g/mol. The molecule has 0 aliphatic rings. The highest BCUT2D eigenvalue weighted by atomic mass is 35.5. The van der Waals surface area contributed by atoms with Crippen molar-refractivity contribution in [2.75, 3.05) is 7.11 Å². The number of halogens is 1. The molecule has 1 rings (SSSR count). The third kappa shape index (κ3) is 4.83. The lowest BCUT2D eigenvalue weighted by atomic mass is 9.89. The van der Waals surface area contributed by atoms with E-state index in [1.54, 1.807) is 33.8 Å². The first-order valence-electron chi connectivity index (χ1n) is 7.12. The van der Waals surface area contributed by atoms with E-state index in [1.807, 2.05) is 0 Å². The monoisotopic (exact) mass is 376 g/mol. The number of ether oxygens (including phenoxy) is 1. The van der Waals surface area contributed by atoms with Gasteiger partial charge in [0.05, 0.1) is 24.0 Å². The van der Waals surface area contributed by atoms with Crippen molar-refractivity contribution in [2.45, 2.75) is 44.4 Å². The van der Waals surface area contributed by atoms with Crippen molar-refractivity contribution in [1.29, 1.82) is 0 Å². The van der Waals surface area contributed by atoms with Crippen LogP contribution in [0.1, 0.15) is 39.7 Å². The molecule has 0 spiro atoms. The Morgan fingerprint density at radius 2 is 1.96 bits per heavy atom. The molecule has 0 amide bonds. The van der Waals surface area contributed by atoms with Gasteiger partial charge in [-0.25, -0.2) is 0 Å². The minimum Gasteiger partial charge on any atom is -0.598 e. The topological polar surface area (TPSA) is 105 Å². The average molecular weight is 377 g/mol. The normalized spacial score (nSPS) is 15.5. The van der Waals surface area contributed by atoms with Crippen LogP contribution in [0, 0.1) is 10.1 Å². The first kappa shape index (κ1) is 20.7. The Bertz CT molecular complexity index is 635. The fourth-order valence-electron chi connectivity index (χ4n) is 1.99. The molecule has 0 saturated carbocycles. The second kappa shape index (κ2) is 7.69. The number of methoxy groups -OCH3 is 1. The lowest BCUT2D eigenvalue weighted by Gasteiger charge is -2.34. The van der Waals surface area contributed by atoms with Crippen molar-refractivity contribution >= 4 is 34.6 Å². The standard InChI is InChI=1S/C15H21ClN2O5S/c1-14(2,3)24(22)17-15(4,9-12(19)23-5)10-7-6-8-11(13(10)16)18(20)21/h6-8,17H,9H2,1-5H3/t15-,24+/m0/s1. The molecule has 1 aromatic rings. The van der Waals surface area contributed by atoms with E-state index in [2.05, 4.69) is 4.72 Å². The zero-order chi connectivity index (χ0) is 18.7. The van der Waals surface area contributed by atoms with Crippen molar-refractivity contribution in [1.82, 2.24) is 4.72 Å². The summed E-state index contributed by atoms with van der Waals surface area (Å²) < 4.78 is 19.5. The van der Waals surface area contributed by atoms with Crippen LogP contribution >= 0.6 is 11.6 Å². The summed E-state index contributed by atoms with van der Waals surface area (Å²) >= 11 is 4.64. The Kier molecular flexibility index (Phi) is 6.63. The van der Waals surface area contributed by atoms with Gasteiger partial charge in [0.25, 0.3) is 5.69 Å². The number of carbonyl (C=O) groups excluding carboxylic acids is 1. The summed E-state index contributed by atoms with van der Waals surface area (Å²) in [5, 5.41) is 11.0. The minimum atomic E-state index is -1.54. The van der Waals surface area contributed by atoms with Gasteiger partial charge in [0.1, 0.15) is 9.77 Å². The SMILES string of the molecule is COC(=O)C[C@](C)(N[S@+]([O-])C(C)(C)C)c1cccc([N+](=O)[O-])c1Cl. The Balaban J connectivity index is 3.41. The summed E-state index contributed by atoms with van der Waals surface area (Å²) in [6.45, 7) is 6.91. The summed E-state index contributed by atoms with van der Waals surface area (Å²) in [6.07, 6.45) is -0.188. The number of hydrogen-bond donors (Lipinski definition) is 1. The van der Waals surface area contributed by atoms with Gasteiger partial charge in [-0.1, -0.05) is 23.7 Å². The van der Waals surface area contributed by atoms with Crippen LogP contribution in [0.2, 0.25) is 5.02 Å². The Hall–Kier alpha value is -1.35. The van der Waals surface area contributed by atoms with Gasteiger partial charge in [0.15, 0.2) is 0 Å². The number of nitro groups is 1. The zero-order valence-corrected chi connectivity index (χ0v) is 15.8. The highest BCUT2D eigenvalue weighted by molar-refractivity contribution is 7.90. The van der Waals surface area contributed by atoms with Crippen molar-refractivity contribution in [3.05, 3.63) is 38.9 Å². The lowest BCUT2D eigenvalue weighted by molar-refractivity contribution is -0.384. The molecule has 134 valence electrons. The number of benzene rings is 1. The predicted octanol–water partition coefficient (Wildman–Crippen LogP) is 3.08. The van der Waals surface area contributed by atoms with Gasteiger partial charge in [0.2, 0.25) is 0 Å². The molecule has 9 heteroatoms. The van der Waals surface area contributed by atoms with Crippen molar-refractivity contribution < 1.29 is 19.0 Å². The molecule has 0 radical (unpaired) electrons. The van der Waals surface area contributed by atoms with Crippen LogP contribution in [-0.4, -0.2) is 27.3 Å². The number of nitrogens with zero attached hydrogens (tertiary/aromatic N) is 1. The van der Waals surface area contributed by atoms with Gasteiger partial charge < -0.3 is 9.29 Å². The van der Waals surface area contributed by atoms with Crippen molar-refractivity contribution in [3.63, 3.8) is 0 Å². The summed E-state index contributed by atoms with van der Waals surface area (Å²) in [6, 6.07) is 4.30. The smallest absolute Gasteiger partial charge is 0.307 e. The maximum absolute atomic E-state index is 12.5. The Morgan fingerprint density at radius 1 is 1.38 bits per heavy atom. The predicted molar refractivity (Wildman–Crippen MR) is 93.1 cm³/mol. The molecular formula is C15H21ClN2O5S. The maximum Gasteiger partial charge on any atom is 0.307 e. The fraction of sp³-hybridized carbons (Fsp3) is 0.533. The molecule has 0 fully saturated rings. The number of esters is 1. The Labute approximate surface area is 149 Å². The van der Waals surface area contributed by atoms with Crippen LogP contribution in [0.15, 0.2) is 18.2 Å². The number of nitrogens with one attached hydrogen (secondary N) is 1. The van der Waals surface area contributed by atoms with E-state index in [9.17, 15) is 19.5 Å². The van der Waals surface area contributed by atoms with Crippen LogP contribution in [0.4, 0.5) is 5.69 Å². The molecule has 0 heterocycles. The third-order valence-corrected chi connectivity index (χ3v) is 5.51. The van der Waals surface area contributed by atoms with Gasteiger partial charge in [0, 0.05) is 23.0 Å². The molecule has 24 heavy (non-hydrogen) atoms. The first-order valence-corrected chi connectivity index (χ1v) is 8.65. The van der Waals surface area contributed by atoms with Crippen molar-refractivity contribution in [3.8, 4) is 0 Å². The number of nitro benzene ring substituents is 1. The molecule has 1 aromatic carbocycles. The molecule has 0 aromatic heterocycles. The molecule has 7 nitrogen and oxygen atoms in total. The molecule has 0 saturated heterocycles. The van der Waals surface area contributed by atoms with Gasteiger partial charge >= 0.3 is 5.97 Å². The summed E-state index contributed by atoms with van der Waals surface area (Å²) in [5.41, 5.74) is -1.18. The fourth-order valence-corrected chi connectivity index (χ4v) is 3.29. The average Bonchev–Trinajstić information content (AvgIpc) is 2.45. The molecule has 0 bridgehead atoms. The number of hydrogen-bond acceptors (Lipinski definition) is 6. The van der Waals surface area contributed by atoms with Gasteiger partial charge in [-0.3, -0.25) is 14.9 Å².